The van der Waals surface area contributed by atoms with Crippen LogP contribution >= 0.6 is 11.8 Å². The number of hydrogen-bond donors (Lipinski definition) is 4. The Labute approximate surface area is 340 Å². The molecule has 3 atom stereocenters. The second kappa shape index (κ2) is 22.3. The summed E-state index contributed by atoms with van der Waals surface area (Å²) >= 11 is 1.34. The van der Waals surface area contributed by atoms with Gasteiger partial charge in [-0.2, -0.15) is 0 Å². The molecular weight excluding hydrogens is 733 g/mol. The molecule has 5 aromatic rings. The number of thioether (sulfide) groups is 1. The number of tetrazole rings is 1. The number of aromatic nitrogens is 4. The molecule has 11 heteroatoms. The third-order valence-electron chi connectivity index (χ3n) is 9.74. The van der Waals surface area contributed by atoms with Gasteiger partial charge in [0, 0.05) is 18.2 Å². The number of allylic oxidation sites excluding steroid dienone is 3. The molecule has 0 aliphatic rings. The summed E-state index contributed by atoms with van der Waals surface area (Å²) in [6, 6.07) is 37.8. The maximum absolute atomic E-state index is 11.9. The minimum Gasteiger partial charge on any atom is -0.465 e. The summed E-state index contributed by atoms with van der Waals surface area (Å²) < 4.78 is 0. The van der Waals surface area contributed by atoms with Gasteiger partial charge in [-0.1, -0.05) is 179 Å². The van der Waals surface area contributed by atoms with Crippen molar-refractivity contribution in [2.24, 2.45) is 0 Å². The summed E-state index contributed by atoms with van der Waals surface area (Å²) in [6.45, 7) is 3.56. The number of unbranched alkanes of at least 4 members (excludes halogenated alkanes) is 7. The lowest BCUT2D eigenvalue weighted by Gasteiger charge is -2.34. The number of carbonyl (C=O) groups excluding carboxylic acids is 1. The Kier molecular flexibility index (Phi) is 16.7. The van der Waals surface area contributed by atoms with Gasteiger partial charge in [0.2, 0.25) is 11.7 Å². The van der Waals surface area contributed by atoms with Gasteiger partial charge < -0.3 is 20.8 Å². The van der Waals surface area contributed by atoms with Gasteiger partial charge in [0.05, 0.1) is 11.4 Å². The molecule has 4 aromatic carbocycles. The van der Waals surface area contributed by atoms with Crippen LogP contribution in [0.25, 0.3) is 11.4 Å². The van der Waals surface area contributed by atoms with E-state index < -0.39 is 29.2 Å². The first kappa shape index (κ1) is 42.6. The number of carbonyl (C=O) groups is 2. The lowest BCUT2D eigenvalue weighted by atomic mass is 9.77. The van der Waals surface area contributed by atoms with Crippen LogP contribution in [0.1, 0.15) is 93.6 Å². The quantitative estimate of drug-likeness (QED) is 0.0236. The van der Waals surface area contributed by atoms with E-state index in [0.29, 0.717) is 17.0 Å². The van der Waals surface area contributed by atoms with Crippen LogP contribution in [0.5, 0.6) is 0 Å². The van der Waals surface area contributed by atoms with Gasteiger partial charge >= 0.3 is 6.09 Å². The van der Waals surface area contributed by atoms with Crippen LogP contribution in [0.3, 0.4) is 0 Å². The first-order chi connectivity index (χ1) is 27.8. The number of aliphatic hydroxyl groups is 1. The third-order valence-corrected chi connectivity index (χ3v) is 11.1. The number of carboxylic acid groups (broad SMARTS) is 1. The maximum Gasteiger partial charge on any atom is 0.406 e. The SMILES string of the molecule is CCCCCCCCC/C=C\C=C\[C@@H](SC[C@H](NC(C)=O)NC(=O)O)[C@@H](O)c1cccc(-c2nnn(C(c3ccccc3)(c3ccccc3)c3ccccc3)n2)c1. The predicted molar refractivity (Wildman–Crippen MR) is 229 cm³/mol. The largest absolute Gasteiger partial charge is 0.465 e. The minimum atomic E-state index is -1.25. The van der Waals surface area contributed by atoms with Crippen LogP contribution in [0.4, 0.5) is 4.79 Å². The monoisotopic (exact) mass is 786 g/mol. The molecule has 0 unspecified atom stereocenters. The molecular formula is C46H54N6O4S. The molecule has 0 fully saturated rings. The third kappa shape index (κ3) is 12.0. The zero-order valence-corrected chi connectivity index (χ0v) is 33.6. The standard InChI is InChI=1S/C46H54N6O4S/c1-3-4-5-6-7-8-9-10-11-12-22-32-41(57-34-42(47-35(2)53)48-45(55)56)43(54)36-24-23-25-37(33-36)44-49-51-52(50-44)46(38-26-16-13-17-27-38,39-28-18-14-19-29-39)40-30-20-15-21-31-40/h11-33,41-43,48,54H,3-10,34H2,1-2H3,(H,47,53)(H,55,56)/b12-11-,32-22+/t41-,42-,43+/m1/s1. The number of nitrogens with zero attached hydrogens (tertiary/aromatic N) is 4. The summed E-state index contributed by atoms with van der Waals surface area (Å²) in [7, 11) is 0. The molecule has 298 valence electrons. The summed E-state index contributed by atoms with van der Waals surface area (Å²) in [4.78, 5) is 25.0. The van der Waals surface area contributed by atoms with Crippen molar-refractivity contribution in [3.05, 3.63) is 162 Å². The molecule has 5 rings (SSSR count). The molecule has 10 nitrogen and oxygen atoms in total. The predicted octanol–water partition coefficient (Wildman–Crippen LogP) is 9.30. The van der Waals surface area contributed by atoms with Gasteiger partial charge in [-0.3, -0.25) is 4.79 Å². The molecule has 1 aromatic heterocycles. The number of rotatable bonds is 22. The topological polar surface area (TPSA) is 142 Å². The Balaban J connectivity index is 1.42. The Morgan fingerprint density at radius 1 is 0.789 bits per heavy atom. The number of aliphatic hydroxyl groups excluding tert-OH is 1. The van der Waals surface area contributed by atoms with Gasteiger partial charge in [-0.05, 0) is 46.4 Å². The van der Waals surface area contributed by atoms with Crippen LogP contribution in [0.2, 0.25) is 0 Å². The van der Waals surface area contributed by atoms with Gasteiger partial charge in [0.15, 0.2) is 5.54 Å². The van der Waals surface area contributed by atoms with Crippen molar-refractivity contribution < 1.29 is 19.8 Å². The highest BCUT2D eigenvalue weighted by atomic mass is 32.2. The molecule has 0 saturated carbocycles. The summed E-state index contributed by atoms with van der Waals surface area (Å²) in [5.41, 5.74) is 3.26. The molecule has 2 amide bonds. The Morgan fingerprint density at radius 2 is 1.39 bits per heavy atom. The molecule has 1 heterocycles. The van der Waals surface area contributed by atoms with Crippen LogP contribution in [-0.4, -0.2) is 59.6 Å². The van der Waals surface area contributed by atoms with E-state index >= 15 is 0 Å². The lowest BCUT2D eigenvalue weighted by Crippen LogP contribution is -2.48. The zero-order chi connectivity index (χ0) is 40.3. The zero-order valence-electron chi connectivity index (χ0n) is 32.8. The highest BCUT2D eigenvalue weighted by Gasteiger charge is 2.41. The minimum absolute atomic E-state index is 0.190. The maximum atomic E-state index is 11.9. The second-order valence-electron chi connectivity index (χ2n) is 14.0. The summed E-state index contributed by atoms with van der Waals surface area (Å²) in [5, 5.41) is 40.1. The van der Waals surface area contributed by atoms with E-state index in [9.17, 15) is 19.8 Å². The van der Waals surface area contributed by atoms with Crippen LogP contribution in [-0.2, 0) is 10.3 Å². The molecule has 0 spiro atoms. The Bertz CT molecular complexity index is 1910. The van der Waals surface area contributed by atoms with Crippen LogP contribution < -0.4 is 10.6 Å². The van der Waals surface area contributed by atoms with Crippen molar-refractivity contribution >= 4 is 23.8 Å². The van der Waals surface area contributed by atoms with Crippen molar-refractivity contribution in [3.8, 4) is 11.4 Å². The smallest absolute Gasteiger partial charge is 0.406 e. The average Bonchev–Trinajstić information content (AvgIpc) is 3.72. The molecule has 0 aliphatic carbocycles. The number of amides is 2. The molecule has 0 saturated heterocycles. The Hall–Kier alpha value is -5.52. The highest BCUT2D eigenvalue weighted by molar-refractivity contribution is 8.00. The van der Waals surface area contributed by atoms with E-state index in [1.165, 1.54) is 57.2 Å². The van der Waals surface area contributed by atoms with Gasteiger partial charge in [0.1, 0.15) is 6.17 Å². The van der Waals surface area contributed by atoms with Crippen molar-refractivity contribution in [3.63, 3.8) is 0 Å². The van der Waals surface area contributed by atoms with Crippen LogP contribution in [0, 0.1) is 0 Å². The second-order valence-corrected chi connectivity index (χ2v) is 15.2. The lowest BCUT2D eigenvalue weighted by molar-refractivity contribution is -0.119. The molecule has 4 N–H and O–H groups in total. The van der Waals surface area contributed by atoms with E-state index in [1.807, 2.05) is 97.1 Å². The first-order valence-corrected chi connectivity index (χ1v) is 20.8. The van der Waals surface area contributed by atoms with Crippen molar-refractivity contribution in [1.29, 1.82) is 0 Å². The average molecular weight is 787 g/mol. The summed E-state index contributed by atoms with van der Waals surface area (Å²) in [5.74, 6) is 0.218. The van der Waals surface area contributed by atoms with Gasteiger partial charge in [-0.15, -0.1) is 26.8 Å². The van der Waals surface area contributed by atoms with Crippen molar-refractivity contribution in [2.75, 3.05) is 5.75 Å². The van der Waals surface area contributed by atoms with Crippen LogP contribution in [0.15, 0.2) is 140 Å². The summed E-state index contributed by atoms with van der Waals surface area (Å²) in [6.07, 6.45) is 14.6. The number of benzene rings is 4. The number of nitrogens with one attached hydrogen (secondary N) is 2. The molecule has 0 bridgehead atoms. The van der Waals surface area contributed by atoms with Gasteiger partial charge in [-0.25, -0.2) is 4.79 Å². The van der Waals surface area contributed by atoms with E-state index in [1.54, 1.807) is 4.80 Å². The van der Waals surface area contributed by atoms with Crippen molar-refractivity contribution in [2.45, 2.75) is 88.3 Å². The van der Waals surface area contributed by atoms with E-state index in [-0.39, 0.29) is 11.7 Å². The highest BCUT2D eigenvalue weighted by Crippen LogP contribution is 2.40. The molecule has 0 radical (unpaired) electrons. The first-order valence-electron chi connectivity index (χ1n) is 19.8. The van der Waals surface area contributed by atoms with Gasteiger partial charge in [0.25, 0.3) is 0 Å². The molecule has 0 aliphatic heterocycles. The molecule has 57 heavy (non-hydrogen) atoms. The fraction of sp³-hybridized carbons (Fsp3) is 0.326. The fourth-order valence-corrected chi connectivity index (χ4v) is 8.07. The fourth-order valence-electron chi connectivity index (χ4n) is 6.95. The normalized spacial score (nSPS) is 13.4. The van der Waals surface area contributed by atoms with E-state index in [4.69, 9.17) is 5.10 Å². The van der Waals surface area contributed by atoms with E-state index in [0.717, 1.165) is 29.5 Å². The Morgan fingerprint density at radius 3 is 1.96 bits per heavy atom. The van der Waals surface area contributed by atoms with E-state index in [2.05, 4.69) is 70.3 Å². The number of hydrogen-bond acceptors (Lipinski definition) is 7. The van der Waals surface area contributed by atoms with Crippen molar-refractivity contribution in [1.82, 2.24) is 30.8 Å².